The van der Waals surface area contributed by atoms with Gasteiger partial charge in [-0.2, -0.15) is 5.10 Å². The number of hydrogen-bond donors (Lipinski definition) is 0. The first-order chi connectivity index (χ1) is 10.9. The van der Waals surface area contributed by atoms with Crippen LogP contribution >= 0.6 is 0 Å². The number of benzene rings is 1. The average molecular weight is 295 g/mol. The monoisotopic (exact) mass is 295 g/mol. The van der Waals surface area contributed by atoms with Gasteiger partial charge in [0.25, 0.3) is 0 Å². The Morgan fingerprint density at radius 1 is 1.09 bits per heavy atom. The molecule has 1 aromatic carbocycles. The Morgan fingerprint density at radius 2 is 2.00 bits per heavy atom. The molecule has 0 amide bonds. The highest BCUT2D eigenvalue weighted by Crippen LogP contribution is 2.28. The SMILES string of the molecule is c1ccc(OC[C@@H]2CCCN2c2cc3c(nn2)CCC3)cc1. The molecule has 4 rings (SSSR count). The molecule has 0 unspecified atom stereocenters. The lowest BCUT2D eigenvalue weighted by Crippen LogP contribution is -2.35. The van der Waals surface area contributed by atoms with Crippen LogP contribution in [0.4, 0.5) is 5.82 Å². The fraction of sp³-hybridized carbons (Fsp3) is 0.444. The number of nitrogens with zero attached hydrogens (tertiary/aromatic N) is 3. The van der Waals surface area contributed by atoms with Crippen molar-refractivity contribution in [3.63, 3.8) is 0 Å². The van der Waals surface area contributed by atoms with E-state index >= 15 is 0 Å². The normalized spacial score (nSPS) is 20.2. The van der Waals surface area contributed by atoms with E-state index in [9.17, 15) is 0 Å². The van der Waals surface area contributed by atoms with Gasteiger partial charge in [0.15, 0.2) is 5.82 Å². The van der Waals surface area contributed by atoms with Gasteiger partial charge in [0, 0.05) is 6.54 Å². The van der Waals surface area contributed by atoms with Crippen LogP contribution in [0.25, 0.3) is 0 Å². The predicted molar refractivity (Wildman–Crippen MR) is 86.4 cm³/mol. The number of ether oxygens (including phenoxy) is 1. The van der Waals surface area contributed by atoms with E-state index in [1.807, 2.05) is 30.3 Å². The number of hydrogen-bond acceptors (Lipinski definition) is 4. The van der Waals surface area contributed by atoms with Gasteiger partial charge in [0.05, 0.1) is 11.7 Å². The molecule has 0 radical (unpaired) electrons. The molecule has 0 saturated carbocycles. The van der Waals surface area contributed by atoms with Gasteiger partial charge in [-0.1, -0.05) is 18.2 Å². The summed E-state index contributed by atoms with van der Waals surface area (Å²) >= 11 is 0. The standard InChI is InChI=1S/C18H21N3O/c1-2-8-16(9-3-1)22-13-15-7-5-11-21(15)18-12-14-6-4-10-17(14)19-20-18/h1-3,8-9,12,15H,4-7,10-11,13H2/t15-/m0/s1. The molecule has 4 nitrogen and oxygen atoms in total. The summed E-state index contributed by atoms with van der Waals surface area (Å²) in [6, 6.07) is 12.7. The van der Waals surface area contributed by atoms with Crippen LogP contribution in [-0.4, -0.2) is 29.4 Å². The van der Waals surface area contributed by atoms with Gasteiger partial charge in [-0.15, -0.1) is 5.10 Å². The summed E-state index contributed by atoms with van der Waals surface area (Å²) in [7, 11) is 0. The summed E-state index contributed by atoms with van der Waals surface area (Å²) in [5.41, 5.74) is 2.58. The summed E-state index contributed by atoms with van der Waals surface area (Å²) in [5.74, 6) is 1.97. The zero-order chi connectivity index (χ0) is 14.8. The average Bonchev–Trinajstić information content (AvgIpc) is 3.22. The maximum absolute atomic E-state index is 5.94. The minimum atomic E-state index is 0.397. The molecule has 0 N–H and O–H groups in total. The quantitative estimate of drug-likeness (QED) is 0.869. The Hall–Kier alpha value is -2.10. The van der Waals surface area contributed by atoms with Crippen LogP contribution in [0.1, 0.15) is 30.5 Å². The van der Waals surface area contributed by atoms with Crippen LogP contribution in [0.5, 0.6) is 5.75 Å². The Bertz CT molecular complexity index is 644. The molecule has 1 fully saturated rings. The molecule has 1 aliphatic carbocycles. The largest absolute Gasteiger partial charge is 0.491 e. The van der Waals surface area contributed by atoms with Gasteiger partial charge in [0.2, 0.25) is 0 Å². The van der Waals surface area contributed by atoms with Gasteiger partial charge in [-0.25, -0.2) is 0 Å². The third-order valence-electron chi connectivity index (χ3n) is 4.66. The van der Waals surface area contributed by atoms with E-state index in [-0.39, 0.29) is 0 Å². The lowest BCUT2D eigenvalue weighted by Gasteiger charge is -2.25. The molecule has 1 aromatic heterocycles. The van der Waals surface area contributed by atoms with E-state index in [0.29, 0.717) is 12.6 Å². The Labute approximate surface area is 131 Å². The van der Waals surface area contributed by atoms with Crippen LogP contribution in [0, 0.1) is 0 Å². The Kier molecular flexibility index (Phi) is 3.67. The van der Waals surface area contributed by atoms with E-state index in [4.69, 9.17) is 4.74 Å². The first kappa shape index (κ1) is 13.6. The van der Waals surface area contributed by atoms with E-state index in [1.165, 1.54) is 24.1 Å². The Morgan fingerprint density at radius 3 is 2.91 bits per heavy atom. The first-order valence-electron chi connectivity index (χ1n) is 8.20. The van der Waals surface area contributed by atoms with E-state index in [0.717, 1.165) is 37.4 Å². The number of aromatic nitrogens is 2. The number of rotatable bonds is 4. The fourth-order valence-electron chi connectivity index (χ4n) is 3.48. The van der Waals surface area contributed by atoms with E-state index in [2.05, 4.69) is 21.2 Å². The fourth-order valence-corrected chi connectivity index (χ4v) is 3.48. The zero-order valence-electron chi connectivity index (χ0n) is 12.7. The molecule has 1 atom stereocenters. The summed E-state index contributed by atoms with van der Waals surface area (Å²) in [4.78, 5) is 2.37. The second-order valence-corrected chi connectivity index (χ2v) is 6.14. The van der Waals surface area contributed by atoms with Crippen LogP contribution < -0.4 is 9.64 Å². The van der Waals surface area contributed by atoms with Crippen molar-refractivity contribution in [2.75, 3.05) is 18.1 Å². The van der Waals surface area contributed by atoms with E-state index < -0.39 is 0 Å². The zero-order valence-corrected chi connectivity index (χ0v) is 12.7. The minimum absolute atomic E-state index is 0.397. The number of fused-ring (bicyclic) bond motifs is 1. The second kappa shape index (κ2) is 5.95. The summed E-state index contributed by atoms with van der Waals surface area (Å²) < 4.78 is 5.94. The van der Waals surface area contributed by atoms with Gasteiger partial charge >= 0.3 is 0 Å². The molecule has 22 heavy (non-hydrogen) atoms. The summed E-state index contributed by atoms with van der Waals surface area (Å²) in [6.07, 6.45) is 5.81. The van der Waals surface area contributed by atoms with Crippen LogP contribution in [0.15, 0.2) is 36.4 Å². The maximum Gasteiger partial charge on any atom is 0.151 e. The highest BCUT2D eigenvalue weighted by molar-refractivity contribution is 5.44. The topological polar surface area (TPSA) is 38.2 Å². The smallest absolute Gasteiger partial charge is 0.151 e. The molecule has 114 valence electrons. The number of anilines is 1. The lowest BCUT2D eigenvalue weighted by atomic mass is 10.2. The molecule has 1 saturated heterocycles. The molecule has 0 bridgehead atoms. The lowest BCUT2D eigenvalue weighted by molar-refractivity contribution is 0.288. The van der Waals surface area contributed by atoms with Crippen molar-refractivity contribution in [1.82, 2.24) is 10.2 Å². The third-order valence-corrected chi connectivity index (χ3v) is 4.66. The van der Waals surface area contributed by atoms with Crippen LogP contribution in [0.2, 0.25) is 0 Å². The van der Waals surface area contributed by atoms with Gasteiger partial charge in [0.1, 0.15) is 12.4 Å². The van der Waals surface area contributed by atoms with Crippen molar-refractivity contribution < 1.29 is 4.74 Å². The minimum Gasteiger partial charge on any atom is -0.491 e. The molecule has 1 aliphatic heterocycles. The summed E-state index contributed by atoms with van der Waals surface area (Å²) in [6.45, 7) is 1.76. The number of aryl methyl sites for hydroxylation is 2. The molecular weight excluding hydrogens is 274 g/mol. The van der Waals surface area contributed by atoms with Crippen LogP contribution in [-0.2, 0) is 12.8 Å². The van der Waals surface area contributed by atoms with Crippen molar-refractivity contribution in [1.29, 1.82) is 0 Å². The van der Waals surface area contributed by atoms with Crippen molar-refractivity contribution in [3.8, 4) is 5.75 Å². The van der Waals surface area contributed by atoms with Crippen molar-refractivity contribution in [2.45, 2.75) is 38.1 Å². The molecule has 0 spiro atoms. The molecule has 2 aromatic rings. The van der Waals surface area contributed by atoms with Gasteiger partial charge in [-0.05, 0) is 55.9 Å². The number of para-hydroxylation sites is 1. The highest BCUT2D eigenvalue weighted by atomic mass is 16.5. The molecule has 2 aliphatic rings. The Balaban J connectivity index is 1.47. The van der Waals surface area contributed by atoms with Crippen molar-refractivity contribution in [2.24, 2.45) is 0 Å². The molecular formula is C18H21N3O. The van der Waals surface area contributed by atoms with Crippen molar-refractivity contribution >= 4 is 5.82 Å². The highest BCUT2D eigenvalue weighted by Gasteiger charge is 2.27. The summed E-state index contributed by atoms with van der Waals surface area (Å²) in [5, 5.41) is 8.88. The van der Waals surface area contributed by atoms with Crippen molar-refractivity contribution in [3.05, 3.63) is 47.7 Å². The maximum atomic E-state index is 5.94. The molecule has 2 heterocycles. The molecule has 4 heteroatoms. The second-order valence-electron chi connectivity index (χ2n) is 6.14. The van der Waals surface area contributed by atoms with Crippen LogP contribution in [0.3, 0.4) is 0 Å². The van der Waals surface area contributed by atoms with Gasteiger partial charge < -0.3 is 9.64 Å². The van der Waals surface area contributed by atoms with Gasteiger partial charge in [-0.3, -0.25) is 0 Å². The predicted octanol–water partition coefficient (Wildman–Crippen LogP) is 3.01. The van der Waals surface area contributed by atoms with E-state index in [1.54, 1.807) is 0 Å². The first-order valence-corrected chi connectivity index (χ1v) is 8.20. The third kappa shape index (κ3) is 2.65.